The Morgan fingerprint density at radius 2 is 1.68 bits per heavy atom. The van der Waals surface area contributed by atoms with E-state index < -0.39 is 10.0 Å². The number of nitrogens with zero attached hydrogens (tertiary/aromatic N) is 2. The Morgan fingerprint density at radius 3 is 2.32 bits per heavy atom. The van der Waals surface area contributed by atoms with E-state index >= 15 is 0 Å². The Morgan fingerprint density at radius 1 is 1.03 bits per heavy atom. The SMILES string of the molecule is Cc1cc(C)c2c(c1)N(C(=O)c1ccc(S(=O)(=O)N3CC(C)OC(C)C3)cc1)CCC2. The first-order chi connectivity index (χ1) is 14.7. The molecule has 0 radical (unpaired) electrons. The Hall–Kier alpha value is -2.22. The maximum atomic E-state index is 13.3. The van der Waals surface area contributed by atoms with Gasteiger partial charge in [-0.2, -0.15) is 4.31 Å². The number of ether oxygens (including phenoxy) is 1. The van der Waals surface area contributed by atoms with Crippen LogP contribution < -0.4 is 4.90 Å². The Balaban J connectivity index is 1.59. The first kappa shape index (κ1) is 22.0. The number of carbonyl (C=O) groups is 1. The standard InChI is InChI=1S/C24H30N2O4S/c1-16-12-17(2)22-6-5-11-26(23(22)13-16)24(27)20-7-9-21(10-8-20)31(28,29)25-14-18(3)30-19(4)15-25/h7-10,12-13,18-19H,5-6,11,14-15H2,1-4H3. The van der Waals surface area contributed by atoms with Crippen LogP contribution >= 0.6 is 0 Å². The van der Waals surface area contributed by atoms with Gasteiger partial charge in [-0.3, -0.25) is 4.79 Å². The molecule has 0 bridgehead atoms. The topological polar surface area (TPSA) is 66.9 Å². The number of hydrogen-bond acceptors (Lipinski definition) is 4. The highest BCUT2D eigenvalue weighted by atomic mass is 32.2. The third kappa shape index (κ3) is 4.27. The van der Waals surface area contributed by atoms with Gasteiger partial charge in [0.1, 0.15) is 0 Å². The molecule has 2 unspecified atom stereocenters. The normalized spacial score (nSPS) is 22.3. The zero-order valence-corrected chi connectivity index (χ0v) is 19.4. The Kier molecular flexibility index (Phi) is 5.94. The lowest BCUT2D eigenvalue weighted by Gasteiger charge is -2.34. The average Bonchev–Trinajstić information content (AvgIpc) is 2.72. The number of aryl methyl sites for hydroxylation is 2. The van der Waals surface area contributed by atoms with Crippen molar-refractivity contribution in [2.24, 2.45) is 0 Å². The first-order valence-corrected chi connectivity index (χ1v) is 12.3. The highest BCUT2D eigenvalue weighted by Crippen LogP contribution is 2.32. The number of fused-ring (bicyclic) bond motifs is 1. The molecule has 1 fully saturated rings. The van der Waals surface area contributed by atoms with Gasteiger partial charge in [0.05, 0.1) is 17.1 Å². The van der Waals surface area contributed by atoms with Crippen LogP contribution in [0.3, 0.4) is 0 Å². The largest absolute Gasteiger partial charge is 0.373 e. The van der Waals surface area contributed by atoms with Gasteiger partial charge in [0.25, 0.3) is 5.91 Å². The number of amides is 1. The predicted molar refractivity (Wildman–Crippen MR) is 121 cm³/mol. The minimum Gasteiger partial charge on any atom is -0.373 e. The summed E-state index contributed by atoms with van der Waals surface area (Å²) in [6.45, 7) is 9.20. The third-order valence-electron chi connectivity index (χ3n) is 6.06. The molecule has 7 heteroatoms. The molecule has 31 heavy (non-hydrogen) atoms. The fourth-order valence-corrected chi connectivity index (χ4v) is 6.28. The van der Waals surface area contributed by atoms with Crippen LogP contribution in [0.5, 0.6) is 0 Å². The summed E-state index contributed by atoms with van der Waals surface area (Å²) >= 11 is 0. The van der Waals surface area contributed by atoms with Gasteiger partial charge in [-0.05, 0) is 87.6 Å². The van der Waals surface area contributed by atoms with E-state index in [0.717, 1.165) is 24.1 Å². The summed E-state index contributed by atoms with van der Waals surface area (Å²) in [5.74, 6) is -0.0940. The fraction of sp³-hybridized carbons (Fsp3) is 0.458. The second-order valence-electron chi connectivity index (χ2n) is 8.74. The van der Waals surface area contributed by atoms with Crippen LogP contribution in [0.2, 0.25) is 0 Å². The highest BCUT2D eigenvalue weighted by Gasteiger charge is 2.32. The van der Waals surface area contributed by atoms with Crippen molar-refractivity contribution < 1.29 is 17.9 Å². The number of carbonyl (C=O) groups excluding carboxylic acids is 1. The summed E-state index contributed by atoms with van der Waals surface area (Å²) in [6, 6.07) is 10.6. The summed E-state index contributed by atoms with van der Waals surface area (Å²) < 4.78 is 33.3. The monoisotopic (exact) mass is 442 g/mol. The van der Waals surface area contributed by atoms with Gasteiger partial charge in [-0.1, -0.05) is 6.07 Å². The van der Waals surface area contributed by atoms with Crippen LogP contribution in [0, 0.1) is 13.8 Å². The molecule has 0 aromatic heterocycles. The maximum Gasteiger partial charge on any atom is 0.258 e. The molecule has 2 heterocycles. The molecule has 0 spiro atoms. The molecule has 166 valence electrons. The van der Waals surface area contributed by atoms with Gasteiger partial charge in [-0.25, -0.2) is 8.42 Å². The molecular formula is C24H30N2O4S. The number of rotatable bonds is 3. The van der Waals surface area contributed by atoms with Gasteiger partial charge in [0, 0.05) is 30.9 Å². The van der Waals surface area contributed by atoms with Gasteiger partial charge in [0.2, 0.25) is 10.0 Å². The van der Waals surface area contributed by atoms with E-state index in [4.69, 9.17) is 4.74 Å². The summed E-state index contributed by atoms with van der Waals surface area (Å²) in [7, 11) is -3.63. The molecule has 2 aromatic rings. The lowest BCUT2D eigenvalue weighted by molar-refractivity contribution is -0.0440. The van der Waals surface area contributed by atoms with Crippen molar-refractivity contribution in [2.45, 2.75) is 57.6 Å². The summed E-state index contributed by atoms with van der Waals surface area (Å²) in [6.07, 6.45) is 1.59. The van der Waals surface area contributed by atoms with E-state index in [-0.39, 0.29) is 23.0 Å². The minimum absolute atomic E-state index is 0.0940. The van der Waals surface area contributed by atoms with Gasteiger partial charge < -0.3 is 9.64 Å². The molecule has 2 aliphatic heterocycles. The van der Waals surface area contributed by atoms with Crippen molar-refractivity contribution >= 4 is 21.6 Å². The van der Waals surface area contributed by atoms with Crippen LogP contribution in [-0.4, -0.2) is 50.5 Å². The van der Waals surface area contributed by atoms with Crippen molar-refractivity contribution in [1.82, 2.24) is 4.31 Å². The molecule has 6 nitrogen and oxygen atoms in total. The van der Waals surface area contributed by atoms with Crippen molar-refractivity contribution in [2.75, 3.05) is 24.5 Å². The van der Waals surface area contributed by atoms with Gasteiger partial charge >= 0.3 is 0 Å². The Bertz CT molecular complexity index is 1090. The summed E-state index contributed by atoms with van der Waals surface area (Å²) in [5.41, 5.74) is 5.03. The van der Waals surface area contributed by atoms with E-state index in [9.17, 15) is 13.2 Å². The second-order valence-corrected chi connectivity index (χ2v) is 10.7. The predicted octanol–water partition coefficient (Wildman–Crippen LogP) is 3.69. The molecule has 4 rings (SSSR count). The molecule has 0 aliphatic carbocycles. The van der Waals surface area contributed by atoms with E-state index in [2.05, 4.69) is 19.1 Å². The van der Waals surface area contributed by atoms with Gasteiger partial charge in [0.15, 0.2) is 0 Å². The lowest BCUT2D eigenvalue weighted by Crippen LogP contribution is -2.48. The lowest BCUT2D eigenvalue weighted by atomic mass is 9.94. The van der Waals surface area contributed by atoms with Crippen molar-refractivity contribution in [3.05, 3.63) is 58.7 Å². The number of hydrogen-bond donors (Lipinski definition) is 0. The fourth-order valence-electron chi connectivity index (χ4n) is 4.69. The van der Waals surface area contributed by atoms with E-state index in [1.165, 1.54) is 15.4 Å². The zero-order chi connectivity index (χ0) is 22.3. The minimum atomic E-state index is -3.63. The molecule has 0 saturated carbocycles. The molecule has 1 amide bonds. The second kappa shape index (κ2) is 8.37. The summed E-state index contributed by atoms with van der Waals surface area (Å²) in [4.78, 5) is 15.3. The molecular weight excluding hydrogens is 412 g/mol. The van der Waals surface area contributed by atoms with Crippen molar-refractivity contribution in [1.29, 1.82) is 0 Å². The first-order valence-electron chi connectivity index (χ1n) is 10.8. The van der Waals surface area contributed by atoms with Crippen LogP contribution in [0.4, 0.5) is 5.69 Å². The molecule has 0 N–H and O–H groups in total. The van der Waals surface area contributed by atoms with E-state index in [1.807, 2.05) is 25.7 Å². The maximum absolute atomic E-state index is 13.3. The third-order valence-corrected chi connectivity index (χ3v) is 7.91. The smallest absolute Gasteiger partial charge is 0.258 e. The molecule has 2 atom stereocenters. The van der Waals surface area contributed by atoms with Crippen LogP contribution in [0.1, 0.15) is 47.3 Å². The van der Waals surface area contributed by atoms with E-state index in [1.54, 1.807) is 24.3 Å². The molecule has 1 saturated heterocycles. The van der Waals surface area contributed by atoms with Crippen LogP contribution in [0.15, 0.2) is 41.3 Å². The zero-order valence-electron chi connectivity index (χ0n) is 18.6. The van der Waals surface area contributed by atoms with E-state index in [0.29, 0.717) is 25.2 Å². The highest BCUT2D eigenvalue weighted by molar-refractivity contribution is 7.89. The Labute approximate surface area is 184 Å². The number of benzene rings is 2. The molecule has 2 aromatic carbocycles. The summed E-state index contributed by atoms with van der Waals surface area (Å²) in [5, 5.41) is 0. The number of morpholine rings is 1. The van der Waals surface area contributed by atoms with Crippen molar-refractivity contribution in [3.8, 4) is 0 Å². The van der Waals surface area contributed by atoms with Crippen LogP contribution in [0.25, 0.3) is 0 Å². The van der Waals surface area contributed by atoms with Gasteiger partial charge in [-0.15, -0.1) is 0 Å². The average molecular weight is 443 g/mol. The van der Waals surface area contributed by atoms with Crippen LogP contribution in [-0.2, 0) is 21.2 Å². The van der Waals surface area contributed by atoms with Crippen molar-refractivity contribution in [3.63, 3.8) is 0 Å². The quantitative estimate of drug-likeness (QED) is 0.727. The number of anilines is 1. The number of sulfonamides is 1. The molecule has 2 aliphatic rings.